The van der Waals surface area contributed by atoms with Crippen LogP contribution in [0.5, 0.6) is 0 Å². The fraction of sp³-hybridized carbons (Fsp3) is 0.571. The highest BCUT2D eigenvalue weighted by Gasteiger charge is 2.12. The van der Waals surface area contributed by atoms with E-state index in [0.29, 0.717) is 10.3 Å². The molecule has 0 aliphatic rings. The zero-order valence-electron chi connectivity index (χ0n) is 16.0. The molecule has 2 amide bonds. The minimum Gasteiger partial charge on any atom is -0.320 e. The number of thioether (sulfide) groups is 1. The molecule has 0 aliphatic carbocycles. The van der Waals surface area contributed by atoms with Gasteiger partial charge in [0.25, 0.3) is 0 Å². The van der Waals surface area contributed by atoms with E-state index in [0.717, 1.165) is 34.4 Å². The summed E-state index contributed by atoms with van der Waals surface area (Å²) in [5.74, 6) is 1.20. The Labute approximate surface area is 195 Å². The van der Waals surface area contributed by atoms with Gasteiger partial charge in [0, 0.05) is 12.8 Å². The number of carbonyl (C=O) groups is 2. The summed E-state index contributed by atoms with van der Waals surface area (Å²) >= 11 is 4.46. The SMILES string of the molecule is C[C@H](N)C(=O)Nc1nnc(CCSCCc2nnc(NC(=O)[C@H](C)N)s2)s1.S.S. The van der Waals surface area contributed by atoms with Crippen molar-refractivity contribution in [2.24, 2.45) is 11.5 Å². The summed E-state index contributed by atoms with van der Waals surface area (Å²) in [4.78, 5) is 23.0. The first-order chi connectivity index (χ1) is 12.8. The third-order valence-corrected chi connectivity index (χ3v) is 5.92. The van der Waals surface area contributed by atoms with Crippen molar-refractivity contribution in [3.8, 4) is 0 Å². The maximum absolute atomic E-state index is 11.5. The van der Waals surface area contributed by atoms with Gasteiger partial charge in [0.1, 0.15) is 10.0 Å². The van der Waals surface area contributed by atoms with E-state index in [1.54, 1.807) is 25.6 Å². The van der Waals surface area contributed by atoms with Crippen LogP contribution in [-0.4, -0.2) is 55.8 Å². The van der Waals surface area contributed by atoms with E-state index in [9.17, 15) is 9.59 Å². The maximum atomic E-state index is 11.5. The first-order valence-corrected chi connectivity index (χ1v) is 11.0. The normalized spacial score (nSPS) is 12.3. The third kappa shape index (κ3) is 10.1. The van der Waals surface area contributed by atoms with Crippen molar-refractivity contribution >= 4 is 83.5 Å². The fourth-order valence-electron chi connectivity index (χ4n) is 1.67. The Balaban J connectivity index is 0.00000392. The summed E-state index contributed by atoms with van der Waals surface area (Å²) in [6.45, 7) is 3.23. The van der Waals surface area contributed by atoms with E-state index >= 15 is 0 Å². The highest BCUT2D eigenvalue weighted by Crippen LogP contribution is 2.19. The zero-order valence-corrected chi connectivity index (χ0v) is 20.4. The first kappa shape index (κ1) is 28.0. The second-order valence-electron chi connectivity index (χ2n) is 5.67. The van der Waals surface area contributed by atoms with Crippen LogP contribution >= 0.6 is 61.4 Å². The van der Waals surface area contributed by atoms with E-state index < -0.39 is 12.1 Å². The number of hydrogen-bond acceptors (Lipinski definition) is 11. The van der Waals surface area contributed by atoms with Crippen LogP contribution in [0.4, 0.5) is 10.3 Å². The van der Waals surface area contributed by atoms with Gasteiger partial charge in [-0.3, -0.25) is 20.2 Å². The van der Waals surface area contributed by atoms with E-state index in [-0.39, 0.29) is 38.8 Å². The smallest absolute Gasteiger partial charge is 0.242 e. The molecule has 15 heteroatoms. The summed E-state index contributed by atoms with van der Waals surface area (Å²) in [6.07, 6.45) is 1.53. The van der Waals surface area contributed by atoms with Crippen molar-refractivity contribution in [2.75, 3.05) is 22.1 Å². The van der Waals surface area contributed by atoms with Crippen LogP contribution in [0.25, 0.3) is 0 Å². The molecule has 10 nitrogen and oxygen atoms in total. The van der Waals surface area contributed by atoms with Gasteiger partial charge in [0.2, 0.25) is 22.1 Å². The third-order valence-electron chi connectivity index (χ3n) is 3.14. The second kappa shape index (κ2) is 14.1. The molecular formula is C14H26N8O2S5. The van der Waals surface area contributed by atoms with Crippen molar-refractivity contribution in [1.29, 1.82) is 0 Å². The first-order valence-electron chi connectivity index (χ1n) is 8.20. The minimum atomic E-state index is -0.583. The Morgan fingerprint density at radius 2 is 1.24 bits per heavy atom. The highest BCUT2D eigenvalue weighted by molar-refractivity contribution is 7.99. The van der Waals surface area contributed by atoms with E-state index in [2.05, 4.69) is 31.0 Å². The number of aryl methyl sites for hydroxylation is 2. The van der Waals surface area contributed by atoms with E-state index in [4.69, 9.17) is 11.5 Å². The Morgan fingerprint density at radius 1 is 0.862 bits per heavy atom. The number of amides is 2. The van der Waals surface area contributed by atoms with Gasteiger partial charge in [-0.05, 0) is 25.4 Å². The van der Waals surface area contributed by atoms with Crippen LogP contribution in [0.1, 0.15) is 23.9 Å². The standard InChI is InChI=1S/C14H22N8O2S3.2H2S/c1-7(15)11(23)17-13-21-19-9(26-13)3-5-25-6-4-10-20-22-14(27-10)18-12(24)8(2)16;;/h7-8H,3-6,15-16H2,1-2H3,(H,17,21,23)(H,18,22,24);2*1H2/t7-,8-;;/m0../s1. The van der Waals surface area contributed by atoms with E-state index in [1.807, 2.05) is 0 Å². The Hall–Kier alpha value is -0.970. The van der Waals surface area contributed by atoms with Gasteiger partial charge in [-0.25, -0.2) is 0 Å². The Kier molecular flexibility index (Phi) is 13.6. The summed E-state index contributed by atoms with van der Waals surface area (Å²) in [5.41, 5.74) is 11.0. The predicted molar refractivity (Wildman–Crippen MR) is 130 cm³/mol. The molecule has 0 fully saturated rings. The molecule has 0 spiro atoms. The molecule has 0 unspecified atom stereocenters. The average Bonchev–Trinajstić information content (AvgIpc) is 3.24. The van der Waals surface area contributed by atoms with Crippen molar-refractivity contribution in [3.63, 3.8) is 0 Å². The monoisotopic (exact) mass is 498 g/mol. The molecule has 0 aliphatic heterocycles. The molecule has 164 valence electrons. The number of aromatic nitrogens is 4. The van der Waals surface area contributed by atoms with Crippen LogP contribution in [0.2, 0.25) is 0 Å². The number of hydrogen-bond donors (Lipinski definition) is 4. The molecule has 2 rings (SSSR count). The zero-order chi connectivity index (χ0) is 19.8. The number of anilines is 2. The summed E-state index contributed by atoms with van der Waals surface area (Å²) in [5, 5.41) is 23.9. The van der Waals surface area contributed by atoms with Gasteiger partial charge in [0.15, 0.2) is 0 Å². The molecule has 0 saturated heterocycles. The lowest BCUT2D eigenvalue weighted by atomic mass is 10.3. The second-order valence-corrected chi connectivity index (χ2v) is 9.02. The molecule has 2 aromatic rings. The summed E-state index contributed by atoms with van der Waals surface area (Å²) < 4.78 is 0. The molecule has 2 aromatic heterocycles. The van der Waals surface area contributed by atoms with Crippen molar-refractivity contribution in [2.45, 2.75) is 38.8 Å². The fourth-order valence-corrected chi connectivity index (χ4v) is 4.29. The van der Waals surface area contributed by atoms with Gasteiger partial charge in [-0.2, -0.15) is 38.8 Å². The van der Waals surface area contributed by atoms with Crippen LogP contribution < -0.4 is 22.1 Å². The quantitative estimate of drug-likeness (QED) is 0.345. The Morgan fingerprint density at radius 3 is 1.59 bits per heavy atom. The average molecular weight is 499 g/mol. The van der Waals surface area contributed by atoms with Crippen LogP contribution in [-0.2, 0) is 22.4 Å². The molecular weight excluding hydrogens is 473 g/mol. The maximum Gasteiger partial charge on any atom is 0.242 e. The number of rotatable bonds is 10. The molecule has 0 saturated carbocycles. The van der Waals surface area contributed by atoms with Gasteiger partial charge in [-0.1, -0.05) is 22.7 Å². The highest BCUT2D eigenvalue weighted by atomic mass is 32.2. The molecule has 0 bridgehead atoms. The number of nitrogens with zero attached hydrogens (tertiary/aromatic N) is 4. The Bertz CT molecular complexity index is 705. The largest absolute Gasteiger partial charge is 0.320 e. The van der Waals surface area contributed by atoms with Gasteiger partial charge >= 0.3 is 0 Å². The summed E-state index contributed by atoms with van der Waals surface area (Å²) in [7, 11) is 0. The molecule has 29 heavy (non-hydrogen) atoms. The van der Waals surface area contributed by atoms with E-state index in [1.165, 1.54) is 22.7 Å². The lowest BCUT2D eigenvalue weighted by Crippen LogP contribution is -2.32. The molecule has 2 atom stereocenters. The molecule has 0 aromatic carbocycles. The predicted octanol–water partition coefficient (Wildman–Crippen LogP) is 0.705. The number of carbonyl (C=O) groups excluding carboxylic acids is 2. The van der Waals surface area contributed by atoms with Gasteiger partial charge < -0.3 is 11.5 Å². The van der Waals surface area contributed by atoms with Crippen LogP contribution in [0.3, 0.4) is 0 Å². The topological polar surface area (TPSA) is 162 Å². The van der Waals surface area contributed by atoms with Gasteiger partial charge in [-0.15, -0.1) is 20.4 Å². The van der Waals surface area contributed by atoms with Crippen molar-refractivity contribution < 1.29 is 9.59 Å². The molecule has 0 radical (unpaired) electrons. The number of nitrogens with two attached hydrogens (primary N) is 2. The summed E-state index contributed by atoms with van der Waals surface area (Å²) in [6, 6.07) is -1.17. The lowest BCUT2D eigenvalue weighted by Gasteiger charge is -2.02. The van der Waals surface area contributed by atoms with Crippen molar-refractivity contribution in [1.82, 2.24) is 20.4 Å². The number of nitrogens with one attached hydrogen (secondary N) is 2. The van der Waals surface area contributed by atoms with Crippen molar-refractivity contribution in [3.05, 3.63) is 10.0 Å². The van der Waals surface area contributed by atoms with Gasteiger partial charge in [0.05, 0.1) is 12.1 Å². The lowest BCUT2D eigenvalue weighted by molar-refractivity contribution is -0.117. The molecule has 2 heterocycles. The minimum absolute atomic E-state index is 0. The molecule has 6 N–H and O–H groups in total. The van der Waals surface area contributed by atoms with Crippen LogP contribution in [0, 0.1) is 0 Å². The van der Waals surface area contributed by atoms with Crippen LogP contribution in [0.15, 0.2) is 0 Å².